The molecule has 0 unspecified atom stereocenters. The van der Waals surface area contributed by atoms with E-state index in [4.69, 9.17) is 0 Å². The predicted octanol–water partition coefficient (Wildman–Crippen LogP) is 2.20. The third kappa shape index (κ3) is 2.96. The molecule has 0 saturated carbocycles. The van der Waals surface area contributed by atoms with E-state index in [2.05, 4.69) is 44.5 Å². The van der Waals surface area contributed by atoms with Crippen molar-refractivity contribution in [2.24, 2.45) is 0 Å². The van der Waals surface area contributed by atoms with Gasteiger partial charge in [-0.1, -0.05) is 0 Å². The van der Waals surface area contributed by atoms with Crippen molar-refractivity contribution in [3.8, 4) is 0 Å². The molecule has 2 nitrogen and oxygen atoms in total. The van der Waals surface area contributed by atoms with E-state index in [1.54, 1.807) is 0 Å². The highest BCUT2D eigenvalue weighted by atomic mass is 15.2. The number of likely N-dealkylation sites (tertiary alicyclic amines) is 1. The maximum absolute atomic E-state index is 2.65. The second kappa shape index (κ2) is 5.13. The van der Waals surface area contributed by atoms with Gasteiger partial charge in [-0.2, -0.15) is 0 Å². The standard InChI is InChI=1S/C12H26N2/c1-10(2)13(5)9-12-7-6-8-14(12)11(3)4/h10-12H,6-9H2,1-5H3/t12-/m1/s1. The molecule has 1 aliphatic heterocycles. The molecule has 1 fully saturated rings. The molecule has 1 aliphatic rings. The van der Waals surface area contributed by atoms with Crippen LogP contribution in [-0.2, 0) is 0 Å². The van der Waals surface area contributed by atoms with Crippen LogP contribution in [0.15, 0.2) is 0 Å². The van der Waals surface area contributed by atoms with Crippen LogP contribution in [0.1, 0.15) is 40.5 Å². The van der Waals surface area contributed by atoms with Crippen LogP contribution in [0.4, 0.5) is 0 Å². The Morgan fingerprint density at radius 2 is 1.93 bits per heavy atom. The number of hydrogen-bond donors (Lipinski definition) is 0. The Morgan fingerprint density at radius 1 is 1.29 bits per heavy atom. The molecule has 0 aromatic carbocycles. The summed E-state index contributed by atoms with van der Waals surface area (Å²) in [5, 5.41) is 0. The third-order valence-electron chi connectivity index (χ3n) is 3.47. The Morgan fingerprint density at radius 3 is 2.43 bits per heavy atom. The number of likely N-dealkylation sites (N-methyl/N-ethyl adjacent to an activating group) is 1. The molecule has 0 spiro atoms. The summed E-state index contributed by atoms with van der Waals surface area (Å²) in [7, 11) is 2.24. The van der Waals surface area contributed by atoms with Gasteiger partial charge in [-0.15, -0.1) is 0 Å². The van der Waals surface area contributed by atoms with E-state index in [9.17, 15) is 0 Å². The molecule has 0 N–H and O–H groups in total. The molecule has 0 amide bonds. The van der Waals surface area contributed by atoms with Gasteiger partial charge in [0.1, 0.15) is 0 Å². The third-order valence-corrected chi connectivity index (χ3v) is 3.47. The van der Waals surface area contributed by atoms with Crippen molar-refractivity contribution in [3.63, 3.8) is 0 Å². The van der Waals surface area contributed by atoms with Gasteiger partial charge in [0, 0.05) is 24.7 Å². The minimum atomic E-state index is 0.671. The van der Waals surface area contributed by atoms with Crippen LogP contribution < -0.4 is 0 Å². The maximum atomic E-state index is 2.65. The summed E-state index contributed by atoms with van der Waals surface area (Å²) >= 11 is 0. The summed E-state index contributed by atoms with van der Waals surface area (Å²) in [5.41, 5.74) is 0. The van der Waals surface area contributed by atoms with Crippen LogP contribution in [0.5, 0.6) is 0 Å². The van der Waals surface area contributed by atoms with E-state index in [1.807, 2.05) is 0 Å². The SMILES string of the molecule is CC(C)N(C)C[C@H]1CCCN1C(C)C. The van der Waals surface area contributed by atoms with Gasteiger partial charge in [-0.05, 0) is 54.1 Å². The van der Waals surface area contributed by atoms with Crippen LogP contribution in [0.2, 0.25) is 0 Å². The van der Waals surface area contributed by atoms with Gasteiger partial charge < -0.3 is 4.90 Å². The van der Waals surface area contributed by atoms with Crippen molar-refractivity contribution >= 4 is 0 Å². The van der Waals surface area contributed by atoms with Crippen molar-refractivity contribution in [3.05, 3.63) is 0 Å². The van der Waals surface area contributed by atoms with Gasteiger partial charge in [-0.3, -0.25) is 4.90 Å². The van der Waals surface area contributed by atoms with E-state index in [0.29, 0.717) is 12.1 Å². The molecule has 14 heavy (non-hydrogen) atoms. The molecular weight excluding hydrogens is 172 g/mol. The highest BCUT2D eigenvalue weighted by Crippen LogP contribution is 2.20. The molecule has 0 radical (unpaired) electrons. The van der Waals surface area contributed by atoms with E-state index < -0.39 is 0 Å². The minimum absolute atomic E-state index is 0.671. The molecule has 84 valence electrons. The molecule has 1 rings (SSSR count). The summed E-state index contributed by atoms with van der Waals surface area (Å²) in [6, 6.07) is 2.18. The number of nitrogens with zero attached hydrogens (tertiary/aromatic N) is 2. The van der Waals surface area contributed by atoms with Crippen molar-refractivity contribution in [2.75, 3.05) is 20.1 Å². The molecule has 2 heteroatoms. The lowest BCUT2D eigenvalue weighted by Crippen LogP contribution is -2.43. The van der Waals surface area contributed by atoms with E-state index in [0.717, 1.165) is 6.04 Å². The Labute approximate surface area is 89.3 Å². The number of rotatable bonds is 4. The van der Waals surface area contributed by atoms with Gasteiger partial charge in [0.25, 0.3) is 0 Å². The van der Waals surface area contributed by atoms with E-state index >= 15 is 0 Å². The van der Waals surface area contributed by atoms with Crippen LogP contribution in [-0.4, -0.2) is 48.1 Å². The van der Waals surface area contributed by atoms with E-state index in [1.165, 1.54) is 25.9 Å². The van der Waals surface area contributed by atoms with Gasteiger partial charge >= 0.3 is 0 Å². The van der Waals surface area contributed by atoms with Crippen molar-refractivity contribution in [1.29, 1.82) is 0 Å². The van der Waals surface area contributed by atoms with Gasteiger partial charge in [0.15, 0.2) is 0 Å². The predicted molar refractivity (Wildman–Crippen MR) is 62.6 cm³/mol. The lowest BCUT2D eigenvalue weighted by Gasteiger charge is -2.32. The summed E-state index contributed by atoms with van der Waals surface area (Å²) in [4.78, 5) is 5.12. The Bertz CT molecular complexity index is 166. The first-order valence-electron chi connectivity index (χ1n) is 5.98. The quantitative estimate of drug-likeness (QED) is 0.683. The molecule has 0 bridgehead atoms. The fraction of sp³-hybridized carbons (Fsp3) is 1.00. The topological polar surface area (TPSA) is 6.48 Å². The summed E-state index contributed by atoms with van der Waals surface area (Å²) in [6.45, 7) is 11.7. The normalized spacial score (nSPS) is 24.4. The Kier molecular flexibility index (Phi) is 4.39. The van der Waals surface area contributed by atoms with Crippen LogP contribution >= 0.6 is 0 Å². The zero-order valence-electron chi connectivity index (χ0n) is 10.5. The van der Waals surface area contributed by atoms with Crippen LogP contribution in [0.3, 0.4) is 0 Å². The first-order chi connectivity index (χ1) is 6.52. The summed E-state index contributed by atoms with van der Waals surface area (Å²) in [5.74, 6) is 0. The Hall–Kier alpha value is -0.0800. The van der Waals surface area contributed by atoms with Crippen molar-refractivity contribution < 1.29 is 0 Å². The maximum Gasteiger partial charge on any atom is 0.0226 e. The minimum Gasteiger partial charge on any atom is -0.302 e. The van der Waals surface area contributed by atoms with Crippen LogP contribution in [0.25, 0.3) is 0 Å². The highest BCUT2D eigenvalue weighted by molar-refractivity contribution is 4.83. The lowest BCUT2D eigenvalue weighted by molar-refractivity contribution is 0.145. The van der Waals surface area contributed by atoms with Crippen molar-refractivity contribution in [1.82, 2.24) is 9.80 Å². The lowest BCUT2D eigenvalue weighted by atomic mass is 10.1. The smallest absolute Gasteiger partial charge is 0.0226 e. The van der Waals surface area contributed by atoms with Gasteiger partial charge in [0.05, 0.1) is 0 Å². The molecule has 0 aromatic heterocycles. The second-order valence-electron chi connectivity index (χ2n) is 5.16. The highest BCUT2D eigenvalue weighted by Gasteiger charge is 2.27. The summed E-state index contributed by atoms with van der Waals surface area (Å²) in [6.07, 6.45) is 2.77. The molecule has 0 aliphatic carbocycles. The first kappa shape index (κ1) is 12.0. The fourth-order valence-corrected chi connectivity index (χ4v) is 2.28. The second-order valence-corrected chi connectivity index (χ2v) is 5.16. The van der Waals surface area contributed by atoms with Gasteiger partial charge in [-0.25, -0.2) is 0 Å². The largest absolute Gasteiger partial charge is 0.302 e. The Balaban J connectivity index is 2.43. The monoisotopic (exact) mass is 198 g/mol. The van der Waals surface area contributed by atoms with Crippen LogP contribution in [0, 0.1) is 0 Å². The molecular formula is C12H26N2. The zero-order valence-corrected chi connectivity index (χ0v) is 10.5. The summed E-state index contributed by atoms with van der Waals surface area (Å²) < 4.78 is 0. The number of hydrogen-bond acceptors (Lipinski definition) is 2. The van der Waals surface area contributed by atoms with E-state index in [-0.39, 0.29) is 0 Å². The average molecular weight is 198 g/mol. The molecule has 1 saturated heterocycles. The molecule has 1 atom stereocenters. The molecule has 0 aromatic rings. The average Bonchev–Trinajstić information content (AvgIpc) is 2.52. The fourth-order valence-electron chi connectivity index (χ4n) is 2.28. The zero-order chi connectivity index (χ0) is 10.7. The van der Waals surface area contributed by atoms with Crippen molar-refractivity contribution in [2.45, 2.75) is 58.7 Å². The first-order valence-corrected chi connectivity index (χ1v) is 5.98. The molecule has 1 heterocycles. The van der Waals surface area contributed by atoms with Gasteiger partial charge in [0.2, 0.25) is 0 Å².